The molecule has 0 amide bonds. The molecule has 1 fully saturated rings. The second kappa shape index (κ2) is 10.3. The molecule has 7 heteroatoms. The second-order valence-corrected chi connectivity index (χ2v) is 7.50. The standard InChI is InChI=1S/C24H28FN5O/c1-2-26-23-7-6-19(18-29-12-14-31-15-13-29)16-24(23)27-10-8-21-9-11-28-30(21)22-5-3-4-20(25)17-22/h3-7,9-11,16-17,26H,2,8,12-15,18H2,1H3. The first-order valence-electron chi connectivity index (χ1n) is 10.7. The van der Waals surface area contributed by atoms with Gasteiger partial charge in [-0.15, -0.1) is 0 Å². The van der Waals surface area contributed by atoms with E-state index in [1.54, 1.807) is 16.9 Å². The van der Waals surface area contributed by atoms with Crippen LogP contribution in [0.5, 0.6) is 0 Å². The van der Waals surface area contributed by atoms with Gasteiger partial charge in [0.1, 0.15) is 5.82 Å². The van der Waals surface area contributed by atoms with Gasteiger partial charge < -0.3 is 10.1 Å². The number of nitrogens with one attached hydrogen (secondary N) is 1. The van der Waals surface area contributed by atoms with Crippen LogP contribution >= 0.6 is 0 Å². The van der Waals surface area contributed by atoms with Crippen molar-refractivity contribution in [3.63, 3.8) is 0 Å². The monoisotopic (exact) mass is 421 g/mol. The largest absolute Gasteiger partial charge is 0.384 e. The molecular weight excluding hydrogens is 393 g/mol. The zero-order valence-electron chi connectivity index (χ0n) is 17.8. The average Bonchev–Trinajstić information content (AvgIpc) is 3.25. The van der Waals surface area contributed by atoms with E-state index in [4.69, 9.17) is 9.73 Å². The molecule has 0 aliphatic carbocycles. The van der Waals surface area contributed by atoms with Gasteiger partial charge in [-0.2, -0.15) is 5.10 Å². The van der Waals surface area contributed by atoms with Gasteiger partial charge in [0.05, 0.1) is 30.3 Å². The summed E-state index contributed by atoms with van der Waals surface area (Å²) in [6.45, 7) is 7.29. The molecule has 162 valence electrons. The Morgan fingerprint density at radius 1 is 1.16 bits per heavy atom. The van der Waals surface area contributed by atoms with Gasteiger partial charge in [0, 0.05) is 50.7 Å². The highest BCUT2D eigenvalue weighted by atomic mass is 19.1. The van der Waals surface area contributed by atoms with Crippen LogP contribution < -0.4 is 5.32 Å². The summed E-state index contributed by atoms with van der Waals surface area (Å²) < 4.78 is 20.8. The molecule has 2 aromatic carbocycles. The maximum atomic E-state index is 13.6. The number of aromatic nitrogens is 2. The third kappa shape index (κ3) is 5.57. The van der Waals surface area contributed by atoms with Crippen molar-refractivity contribution >= 4 is 17.6 Å². The van der Waals surface area contributed by atoms with E-state index in [0.717, 1.165) is 56.5 Å². The first-order chi connectivity index (χ1) is 15.2. The van der Waals surface area contributed by atoms with E-state index in [0.29, 0.717) is 12.1 Å². The summed E-state index contributed by atoms with van der Waals surface area (Å²) in [7, 11) is 0. The van der Waals surface area contributed by atoms with Crippen LogP contribution in [0.25, 0.3) is 5.69 Å². The molecule has 2 heterocycles. The number of ether oxygens (including phenoxy) is 1. The number of rotatable bonds is 8. The van der Waals surface area contributed by atoms with E-state index in [9.17, 15) is 4.39 Å². The van der Waals surface area contributed by atoms with Crippen LogP contribution in [0.15, 0.2) is 59.7 Å². The summed E-state index contributed by atoms with van der Waals surface area (Å²) in [5, 5.41) is 7.73. The lowest BCUT2D eigenvalue weighted by atomic mass is 10.1. The van der Waals surface area contributed by atoms with Crippen LogP contribution in [0.4, 0.5) is 15.8 Å². The lowest BCUT2D eigenvalue weighted by molar-refractivity contribution is 0.0342. The minimum atomic E-state index is -0.278. The average molecular weight is 422 g/mol. The van der Waals surface area contributed by atoms with Crippen LogP contribution in [0, 0.1) is 5.82 Å². The first-order valence-corrected chi connectivity index (χ1v) is 10.7. The van der Waals surface area contributed by atoms with Crippen molar-refractivity contribution in [3.8, 4) is 5.69 Å². The van der Waals surface area contributed by atoms with Gasteiger partial charge in [-0.3, -0.25) is 9.89 Å². The molecule has 0 saturated carbocycles. The van der Waals surface area contributed by atoms with Gasteiger partial charge in [0.25, 0.3) is 0 Å². The predicted molar refractivity (Wildman–Crippen MR) is 122 cm³/mol. The van der Waals surface area contributed by atoms with Crippen LogP contribution in [0.2, 0.25) is 0 Å². The van der Waals surface area contributed by atoms with E-state index in [2.05, 4.69) is 40.4 Å². The Hall–Kier alpha value is -3.03. The Morgan fingerprint density at radius 2 is 2.03 bits per heavy atom. The molecule has 4 rings (SSSR count). The number of aliphatic imine (C=N–C) groups is 1. The van der Waals surface area contributed by atoms with Crippen LogP contribution in [-0.2, 0) is 17.7 Å². The van der Waals surface area contributed by atoms with Crippen molar-refractivity contribution in [2.75, 3.05) is 38.2 Å². The molecule has 0 atom stereocenters. The second-order valence-electron chi connectivity index (χ2n) is 7.50. The molecular formula is C24H28FN5O. The van der Waals surface area contributed by atoms with E-state index < -0.39 is 0 Å². The number of benzene rings is 2. The summed E-state index contributed by atoms with van der Waals surface area (Å²) in [6.07, 6.45) is 4.21. The number of hydrogen-bond donors (Lipinski definition) is 1. The van der Waals surface area contributed by atoms with Crippen molar-refractivity contribution in [1.29, 1.82) is 0 Å². The molecule has 1 aromatic heterocycles. The third-order valence-corrected chi connectivity index (χ3v) is 5.24. The Balaban J connectivity index is 1.50. The minimum Gasteiger partial charge on any atom is -0.384 e. The number of nitrogens with zero attached hydrogens (tertiary/aromatic N) is 4. The van der Waals surface area contributed by atoms with Gasteiger partial charge in [-0.1, -0.05) is 12.1 Å². The molecule has 6 nitrogen and oxygen atoms in total. The molecule has 3 aromatic rings. The normalized spacial score (nSPS) is 14.9. The van der Waals surface area contributed by atoms with Crippen LogP contribution in [-0.4, -0.2) is 53.7 Å². The topological polar surface area (TPSA) is 54.7 Å². The Labute approximate surface area is 182 Å². The first kappa shape index (κ1) is 21.2. The highest BCUT2D eigenvalue weighted by molar-refractivity contribution is 5.74. The van der Waals surface area contributed by atoms with Crippen molar-refractivity contribution in [2.24, 2.45) is 4.99 Å². The van der Waals surface area contributed by atoms with Crippen molar-refractivity contribution < 1.29 is 9.13 Å². The quantitative estimate of drug-likeness (QED) is 0.554. The molecule has 1 aliphatic heterocycles. The van der Waals surface area contributed by atoms with E-state index in [-0.39, 0.29) is 5.82 Å². The molecule has 1 N–H and O–H groups in total. The molecule has 1 saturated heterocycles. The van der Waals surface area contributed by atoms with Crippen LogP contribution in [0.1, 0.15) is 18.2 Å². The fourth-order valence-electron chi connectivity index (χ4n) is 3.70. The number of anilines is 1. The van der Waals surface area contributed by atoms with Gasteiger partial charge in [-0.05, 0) is 48.9 Å². The zero-order valence-corrected chi connectivity index (χ0v) is 17.8. The van der Waals surface area contributed by atoms with Gasteiger partial charge >= 0.3 is 0 Å². The number of hydrogen-bond acceptors (Lipinski definition) is 5. The van der Waals surface area contributed by atoms with E-state index in [1.165, 1.54) is 17.7 Å². The van der Waals surface area contributed by atoms with Crippen molar-refractivity contribution in [3.05, 3.63) is 71.8 Å². The fraction of sp³-hybridized carbons (Fsp3) is 0.333. The lowest BCUT2D eigenvalue weighted by Gasteiger charge is -2.26. The maximum Gasteiger partial charge on any atom is 0.125 e. The third-order valence-electron chi connectivity index (χ3n) is 5.24. The van der Waals surface area contributed by atoms with Gasteiger partial charge in [-0.25, -0.2) is 9.07 Å². The van der Waals surface area contributed by atoms with Crippen LogP contribution in [0.3, 0.4) is 0 Å². The number of morpholine rings is 1. The maximum absolute atomic E-state index is 13.6. The fourth-order valence-corrected chi connectivity index (χ4v) is 3.70. The molecule has 0 spiro atoms. The van der Waals surface area contributed by atoms with Crippen molar-refractivity contribution in [2.45, 2.75) is 19.9 Å². The molecule has 31 heavy (non-hydrogen) atoms. The summed E-state index contributed by atoms with van der Waals surface area (Å²) in [5.74, 6) is -0.278. The highest BCUT2D eigenvalue weighted by Crippen LogP contribution is 2.27. The Morgan fingerprint density at radius 3 is 2.84 bits per heavy atom. The smallest absolute Gasteiger partial charge is 0.125 e. The minimum absolute atomic E-state index is 0.278. The van der Waals surface area contributed by atoms with Gasteiger partial charge in [0.15, 0.2) is 0 Å². The summed E-state index contributed by atoms with van der Waals surface area (Å²) >= 11 is 0. The molecule has 1 aliphatic rings. The SMILES string of the molecule is CCNc1ccc(CN2CCOCC2)cc1N=CCc1ccnn1-c1cccc(F)c1. The van der Waals surface area contributed by atoms with E-state index in [1.807, 2.05) is 18.3 Å². The zero-order chi connectivity index (χ0) is 21.5. The van der Waals surface area contributed by atoms with Crippen molar-refractivity contribution in [1.82, 2.24) is 14.7 Å². The van der Waals surface area contributed by atoms with E-state index >= 15 is 0 Å². The Bertz CT molecular complexity index is 1030. The van der Waals surface area contributed by atoms with Gasteiger partial charge in [0.2, 0.25) is 0 Å². The summed E-state index contributed by atoms with van der Waals surface area (Å²) in [6, 6.07) is 14.8. The molecule has 0 unspecified atom stereocenters. The lowest BCUT2D eigenvalue weighted by Crippen LogP contribution is -2.35. The number of halogens is 1. The summed E-state index contributed by atoms with van der Waals surface area (Å²) in [5.41, 5.74) is 4.83. The highest BCUT2D eigenvalue weighted by Gasteiger charge is 2.12. The molecule has 0 radical (unpaired) electrons. The summed E-state index contributed by atoms with van der Waals surface area (Å²) in [4.78, 5) is 7.16. The Kier molecular flexibility index (Phi) is 7.07. The predicted octanol–water partition coefficient (Wildman–Crippen LogP) is 4.22. The molecule has 0 bridgehead atoms.